The Morgan fingerprint density at radius 1 is 1.03 bits per heavy atom. The number of hydrogen-bond donors (Lipinski definition) is 2. The van der Waals surface area contributed by atoms with Gasteiger partial charge in [0.25, 0.3) is 5.91 Å². The fraction of sp³-hybridized carbons (Fsp3) is 0.370. The van der Waals surface area contributed by atoms with E-state index in [2.05, 4.69) is 27.6 Å². The minimum absolute atomic E-state index is 0.304. The third kappa shape index (κ3) is 7.60. The molecule has 0 saturated carbocycles. The lowest BCUT2D eigenvalue weighted by Gasteiger charge is -2.09. The van der Waals surface area contributed by atoms with Crippen molar-refractivity contribution >= 4 is 12.1 Å². The number of amides is 1. The lowest BCUT2D eigenvalue weighted by molar-refractivity contribution is 0.0950. The van der Waals surface area contributed by atoms with Crippen LogP contribution >= 0.6 is 0 Å². The SMILES string of the molecule is CCCCCCCCOc1ccc(-c2cc(C(=O)NN=Cc3cccc(OC)c3OC)[nH]n2)cc1. The van der Waals surface area contributed by atoms with Gasteiger partial charge in [0.15, 0.2) is 11.5 Å². The minimum atomic E-state index is -0.402. The van der Waals surface area contributed by atoms with Crippen LogP contribution in [0.5, 0.6) is 17.2 Å². The van der Waals surface area contributed by atoms with Gasteiger partial charge in [-0.25, -0.2) is 5.43 Å². The number of aromatic nitrogens is 2. The van der Waals surface area contributed by atoms with Crippen LogP contribution in [0.25, 0.3) is 11.3 Å². The highest BCUT2D eigenvalue weighted by Crippen LogP contribution is 2.29. The molecule has 186 valence electrons. The van der Waals surface area contributed by atoms with Crippen molar-refractivity contribution in [1.29, 1.82) is 0 Å². The van der Waals surface area contributed by atoms with E-state index in [-0.39, 0.29) is 0 Å². The maximum atomic E-state index is 12.5. The molecule has 0 aliphatic rings. The summed E-state index contributed by atoms with van der Waals surface area (Å²) < 4.78 is 16.5. The van der Waals surface area contributed by atoms with Crippen molar-refractivity contribution in [3.63, 3.8) is 0 Å². The first-order valence-corrected chi connectivity index (χ1v) is 12.0. The van der Waals surface area contributed by atoms with Crippen molar-refractivity contribution in [2.45, 2.75) is 45.4 Å². The van der Waals surface area contributed by atoms with Crippen molar-refractivity contribution in [3.8, 4) is 28.5 Å². The molecule has 1 amide bonds. The predicted molar refractivity (Wildman–Crippen MR) is 138 cm³/mol. The molecule has 3 aromatic rings. The molecule has 3 rings (SSSR count). The zero-order chi connectivity index (χ0) is 24.9. The first kappa shape index (κ1) is 25.8. The van der Waals surface area contributed by atoms with Crippen molar-refractivity contribution in [2.24, 2.45) is 5.10 Å². The topological polar surface area (TPSA) is 97.8 Å². The van der Waals surface area contributed by atoms with Crippen LogP contribution in [-0.4, -0.2) is 43.1 Å². The molecule has 35 heavy (non-hydrogen) atoms. The summed E-state index contributed by atoms with van der Waals surface area (Å²) in [6.45, 7) is 2.95. The third-order valence-electron chi connectivity index (χ3n) is 5.54. The van der Waals surface area contributed by atoms with Gasteiger partial charge in [-0.15, -0.1) is 0 Å². The fourth-order valence-corrected chi connectivity index (χ4v) is 3.61. The second-order valence-corrected chi connectivity index (χ2v) is 8.09. The Labute approximate surface area is 206 Å². The highest BCUT2D eigenvalue weighted by Gasteiger charge is 2.11. The van der Waals surface area contributed by atoms with Crippen molar-refractivity contribution in [3.05, 3.63) is 59.8 Å². The summed E-state index contributed by atoms with van der Waals surface area (Å²) in [4.78, 5) is 12.5. The molecule has 0 aliphatic heterocycles. The Hall–Kier alpha value is -3.81. The Kier molecular flexibility index (Phi) is 10.2. The van der Waals surface area contributed by atoms with E-state index in [0.717, 1.165) is 24.3 Å². The maximum Gasteiger partial charge on any atom is 0.289 e. The molecular weight excluding hydrogens is 444 g/mol. The molecule has 8 nitrogen and oxygen atoms in total. The second-order valence-electron chi connectivity index (χ2n) is 8.09. The van der Waals surface area contributed by atoms with E-state index in [1.807, 2.05) is 36.4 Å². The number of methoxy groups -OCH3 is 2. The van der Waals surface area contributed by atoms with Gasteiger partial charge in [-0.3, -0.25) is 9.89 Å². The highest BCUT2D eigenvalue weighted by molar-refractivity contribution is 5.94. The van der Waals surface area contributed by atoms with Crippen LogP contribution in [-0.2, 0) is 0 Å². The Bertz CT molecular complexity index is 1090. The smallest absolute Gasteiger partial charge is 0.289 e. The van der Waals surface area contributed by atoms with E-state index in [9.17, 15) is 4.79 Å². The monoisotopic (exact) mass is 478 g/mol. The molecule has 0 aliphatic carbocycles. The van der Waals surface area contributed by atoms with Crippen molar-refractivity contribution in [1.82, 2.24) is 15.6 Å². The van der Waals surface area contributed by atoms with E-state index in [0.29, 0.717) is 28.5 Å². The predicted octanol–water partition coefficient (Wildman–Crippen LogP) is 5.60. The lowest BCUT2D eigenvalue weighted by Crippen LogP contribution is -2.18. The summed E-state index contributed by atoms with van der Waals surface area (Å²) in [7, 11) is 3.11. The van der Waals surface area contributed by atoms with Crippen LogP contribution in [0.3, 0.4) is 0 Å². The number of ether oxygens (including phenoxy) is 3. The zero-order valence-electron chi connectivity index (χ0n) is 20.7. The average molecular weight is 479 g/mol. The standard InChI is InChI=1S/C27H34N4O4/c1-4-5-6-7-8-9-17-35-22-15-13-20(14-16-22)23-18-24(30-29-23)27(32)31-28-19-21-11-10-12-25(33-2)26(21)34-3/h10-16,18-19H,4-9,17H2,1-3H3,(H,29,30)(H,31,32). The summed E-state index contributed by atoms with van der Waals surface area (Å²) in [5.41, 5.74) is 5.03. The molecule has 0 unspecified atom stereocenters. The number of hydrazone groups is 1. The van der Waals surface area contributed by atoms with Gasteiger partial charge in [0.05, 0.1) is 32.7 Å². The minimum Gasteiger partial charge on any atom is -0.494 e. The molecule has 0 bridgehead atoms. The molecule has 0 fully saturated rings. The number of carbonyl (C=O) groups is 1. The van der Waals surface area contributed by atoms with Crippen LogP contribution in [0.15, 0.2) is 53.6 Å². The summed E-state index contributed by atoms with van der Waals surface area (Å²) in [6, 6.07) is 14.8. The van der Waals surface area contributed by atoms with E-state index < -0.39 is 5.91 Å². The molecule has 1 aromatic heterocycles. The number of benzene rings is 2. The van der Waals surface area contributed by atoms with Gasteiger partial charge >= 0.3 is 0 Å². The van der Waals surface area contributed by atoms with Crippen LogP contribution in [0.4, 0.5) is 0 Å². The Balaban J connectivity index is 1.51. The highest BCUT2D eigenvalue weighted by atomic mass is 16.5. The second kappa shape index (κ2) is 13.8. The number of unbranched alkanes of at least 4 members (excludes halogenated alkanes) is 5. The lowest BCUT2D eigenvalue weighted by atomic mass is 10.1. The van der Waals surface area contributed by atoms with Crippen LogP contribution in [0.1, 0.15) is 61.5 Å². The molecule has 0 spiro atoms. The first-order valence-electron chi connectivity index (χ1n) is 12.0. The van der Waals surface area contributed by atoms with E-state index >= 15 is 0 Å². The zero-order valence-corrected chi connectivity index (χ0v) is 20.7. The van der Waals surface area contributed by atoms with Crippen molar-refractivity contribution in [2.75, 3.05) is 20.8 Å². The number of nitrogens with one attached hydrogen (secondary N) is 2. The number of nitrogens with zero attached hydrogens (tertiary/aromatic N) is 2. The quantitative estimate of drug-likeness (QED) is 0.179. The Morgan fingerprint density at radius 3 is 2.54 bits per heavy atom. The molecule has 2 aromatic carbocycles. The number of H-pyrrole nitrogens is 1. The van der Waals surface area contributed by atoms with Crippen LogP contribution in [0.2, 0.25) is 0 Å². The molecule has 0 radical (unpaired) electrons. The molecule has 2 N–H and O–H groups in total. The molecule has 8 heteroatoms. The van der Waals surface area contributed by atoms with E-state index in [4.69, 9.17) is 14.2 Å². The first-order chi connectivity index (χ1) is 17.2. The molecular formula is C27H34N4O4. The van der Waals surface area contributed by atoms with Gasteiger partial charge in [0.1, 0.15) is 11.4 Å². The normalized spacial score (nSPS) is 10.9. The van der Waals surface area contributed by atoms with Crippen molar-refractivity contribution < 1.29 is 19.0 Å². The largest absolute Gasteiger partial charge is 0.494 e. The number of para-hydroxylation sites is 1. The van der Waals surface area contributed by atoms with E-state index in [1.165, 1.54) is 38.3 Å². The van der Waals surface area contributed by atoms with Gasteiger partial charge < -0.3 is 14.2 Å². The molecule has 0 atom stereocenters. The fourth-order valence-electron chi connectivity index (χ4n) is 3.61. The average Bonchev–Trinajstić information content (AvgIpc) is 3.39. The summed E-state index contributed by atoms with van der Waals surface area (Å²) in [5, 5.41) is 11.0. The van der Waals surface area contributed by atoms with Gasteiger partial charge in [0, 0.05) is 11.1 Å². The van der Waals surface area contributed by atoms with Crippen LogP contribution < -0.4 is 19.6 Å². The molecule has 0 saturated heterocycles. The van der Waals surface area contributed by atoms with Crippen LogP contribution in [0, 0.1) is 0 Å². The number of hydrogen-bond acceptors (Lipinski definition) is 6. The van der Waals surface area contributed by atoms with Gasteiger partial charge in [0.2, 0.25) is 0 Å². The van der Waals surface area contributed by atoms with Gasteiger partial charge in [-0.05, 0) is 48.9 Å². The number of rotatable bonds is 14. The molecule has 1 heterocycles. The number of carbonyl (C=O) groups excluding carboxylic acids is 1. The van der Waals surface area contributed by atoms with Gasteiger partial charge in [-0.2, -0.15) is 10.2 Å². The van der Waals surface area contributed by atoms with Gasteiger partial charge in [-0.1, -0.05) is 45.1 Å². The Morgan fingerprint density at radius 2 is 1.80 bits per heavy atom. The number of aromatic amines is 1. The maximum absolute atomic E-state index is 12.5. The summed E-state index contributed by atoms with van der Waals surface area (Å²) in [5.74, 6) is 1.55. The summed E-state index contributed by atoms with van der Waals surface area (Å²) >= 11 is 0. The van der Waals surface area contributed by atoms with E-state index in [1.54, 1.807) is 26.4 Å². The third-order valence-corrected chi connectivity index (χ3v) is 5.54. The summed E-state index contributed by atoms with van der Waals surface area (Å²) in [6.07, 6.45) is 8.91.